The van der Waals surface area contributed by atoms with Crippen LogP contribution in [0.15, 0.2) is 30.7 Å². The van der Waals surface area contributed by atoms with Gasteiger partial charge in [0.15, 0.2) is 0 Å². The minimum absolute atomic E-state index is 0.679. The number of aromatic nitrogens is 2. The molecule has 3 rings (SSSR count). The molecule has 0 spiro atoms. The number of pyridine rings is 1. The summed E-state index contributed by atoms with van der Waals surface area (Å²) in [4.78, 5) is 4.27. The molecule has 0 saturated carbocycles. The van der Waals surface area contributed by atoms with Gasteiger partial charge >= 0.3 is 96.2 Å². The van der Waals surface area contributed by atoms with Crippen molar-refractivity contribution in [3.63, 3.8) is 0 Å². The van der Waals surface area contributed by atoms with Crippen LogP contribution in [0.4, 0.5) is 0 Å². The summed E-state index contributed by atoms with van der Waals surface area (Å²) >= 11 is 0.679. The van der Waals surface area contributed by atoms with Crippen molar-refractivity contribution in [3.05, 3.63) is 36.3 Å². The van der Waals surface area contributed by atoms with Crippen LogP contribution in [-0.4, -0.2) is 25.1 Å². The summed E-state index contributed by atoms with van der Waals surface area (Å²) in [5.41, 5.74) is 2.56. The van der Waals surface area contributed by atoms with Crippen LogP contribution in [0.1, 0.15) is 24.3 Å². The first-order valence-corrected chi connectivity index (χ1v) is 8.15. The van der Waals surface area contributed by atoms with E-state index in [9.17, 15) is 0 Å². The molecule has 0 aliphatic carbocycles. The monoisotopic (exact) mass is 261 g/mol. The fourth-order valence-corrected chi connectivity index (χ4v) is 4.81. The zero-order chi connectivity index (χ0) is 10.1. The quantitative estimate of drug-likeness (QED) is 0.721. The molecule has 77 valence electrons. The Morgan fingerprint density at radius 2 is 2.13 bits per heavy atom. The van der Waals surface area contributed by atoms with Crippen LogP contribution >= 0.6 is 0 Å². The van der Waals surface area contributed by atoms with E-state index in [0.29, 0.717) is 15.8 Å². The van der Waals surface area contributed by atoms with Crippen molar-refractivity contribution in [2.75, 3.05) is 0 Å². The van der Waals surface area contributed by atoms with Gasteiger partial charge in [0.2, 0.25) is 0 Å². The molecule has 0 bridgehead atoms. The van der Waals surface area contributed by atoms with Gasteiger partial charge in [-0.3, -0.25) is 0 Å². The first kappa shape index (κ1) is 9.47. The second-order valence-electron chi connectivity index (χ2n) is 4.10. The van der Waals surface area contributed by atoms with Gasteiger partial charge in [0.1, 0.15) is 0 Å². The molecule has 2 nitrogen and oxygen atoms in total. The van der Waals surface area contributed by atoms with E-state index in [1.54, 1.807) is 0 Å². The fraction of sp³-hybridized carbons (Fsp3) is 0.417. The van der Waals surface area contributed by atoms with Crippen molar-refractivity contribution in [2.24, 2.45) is 0 Å². The number of hydrogen-bond acceptors (Lipinski definition) is 1. The Hall–Kier alpha value is -0.752. The molecule has 1 fully saturated rings. The second kappa shape index (κ2) is 4.02. The van der Waals surface area contributed by atoms with Crippen molar-refractivity contribution in [2.45, 2.75) is 29.2 Å². The van der Waals surface area contributed by atoms with E-state index in [2.05, 4.69) is 27.7 Å². The van der Waals surface area contributed by atoms with E-state index in [1.807, 2.05) is 12.4 Å². The molecule has 0 aromatic carbocycles. The number of hydrogen-bond donors (Lipinski definition) is 0. The summed E-state index contributed by atoms with van der Waals surface area (Å²) in [6, 6.07) is 4.40. The zero-order valence-corrected chi connectivity index (χ0v) is 10.5. The van der Waals surface area contributed by atoms with Gasteiger partial charge in [-0.05, 0) is 0 Å². The van der Waals surface area contributed by atoms with E-state index in [-0.39, 0.29) is 0 Å². The van der Waals surface area contributed by atoms with Crippen LogP contribution in [0.5, 0.6) is 0 Å². The van der Waals surface area contributed by atoms with Gasteiger partial charge in [-0.1, -0.05) is 0 Å². The summed E-state index contributed by atoms with van der Waals surface area (Å²) in [5.74, 6) is 0.806. The summed E-state index contributed by atoms with van der Waals surface area (Å²) in [6.45, 7) is 0. The molecule has 0 unspecified atom stereocenters. The molecule has 15 heavy (non-hydrogen) atoms. The fourth-order valence-electron chi connectivity index (χ4n) is 2.26. The molecule has 1 saturated heterocycles. The third kappa shape index (κ3) is 1.83. The standard InChI is InChI=1S/C12H14AsN2/c1-2-12-14-7-8-15(12)9-11(1)10-3-5-13-6-4-10/h1-2,7-10H,3-6H2. The van der Waals surface area contributed by atoms with Crippen molar-refractivity contribution in [1.29, 1.82) is 0 Å². The maximum atomic E-state index is 4.27. The van der Waals surface area contributed by atoms with Crippen LogP contribution < -0.4 is 0 Å². The Morgan fingerprint density at radius 3 is 3.00 bits per heavy atom. The van der Waals surface area contributed by atoms with Gasteiger partial charge < -0.3 is 0 Å². The van der Waals surface area contributed by atoms with Gasteiger partial charge in [-0.25, -0.2) is 0 Å². The molecule has 0 atom stereocenters. The number of nitrogens with zero attached hydrogens (tertiary/aromatic N) is 2. The van der Waals surface area contributed by atoms with E-state index >= 15 is 0 Å². The molecule has 1 radical (unpaired) electrons. The normalized spacial score (nSPS) is 23.6. The molecule has 0 N–H and O–H groups in total. The average molecular weight is 261 g/mol. The zero-order valence-electron chi connectivity index (χ0n) is 8.63. The number of rotatable bonds is 1. The van der Waals surface area contributed by atoms with Crippen LogP contribution in [-0.2, 0) is 0 Å². The third-order valence-electron chi connectivity index (χ3n) is 3.15. The predicted molar refractivity (Wildman–Crippen MR) is 62.5 cm³/mol. The average Bonchev–Trinajstić information content (AvgIpc) is 2.77. The summed E-state index contributed by atoms with van der Waals surface area (Å²) in [5, 5.41) is 2.98. The molecule has 2 aromatic rings. The van der Waals surface area contributed by atoms with Crippen molar-refractivity contribution in [3.8, 4) is 0 Å². The van der Waals surface area contributed by atoms with Crippen molar-refractivity contribution < 1.29 is 0 Å². The van der Waals surface area contributed by atoms with Gasteiger partial charge in [0.25, 0.3) is 0 Å². The SMILES string of the molecule is c1cn2cc(C3CC[As]CC3)ccc2n1. The van der Waals surface area contributed by atoms with Crippen LogP contribution in [0.25, 0.3) is 5.65 Å². The van der Waals surface area contributed by atoms with Crippen molar-refractivity contribution in [1.82, 2.24) is 9.38 Å². The molecule has 1 aliphatic rings. The van der Waals surface area contributed by atoms with Gasteiger partial charge in [-0.2, -0.15) is 0 Å². The van der Waals surface area contributed by atoms with E-state index in [1.165, 1.54) is 28.8 Å². The van der Waals surface area contributed by atoms with E-state index in [4.69, 9.17) is 0 Å². The molecule has 3 heteroatoms. The van der Waals surface area contributed by atoms with Gasteiger partial charge in [0, 0.05) is 0 Å². The molecule has 0 amide bonds. The first-order chi connectivity index (χ1) is 7.43. The topological polar surface area (TPSA) is 17.3 Å². The third-order valence-corrected chi connectivity index (χ3v) is 5.56. The van der Waals surface area contributed by atoms with E-state index < -0.39 is 0 Å². The van der Waals surface area contributed by atoms with Crippen LogP contribution in [0, 0.1) is 0 Å². The second-order valence-corrected chi connectivity index (χ2v) is 6.92. The maximum absolute atomic E-state index is 4.27. The molecular formula is C12H14AsN2. The molecule has 3 heterocycles. The van der Waals surface area contributed by atoms with Crippen LogP contribution in [0.2, 0.25) is 10.4 Å². The molecule has 1 aliphatic heterocycles. The molecule has 2 aromatic heterocycles. The number of imidazole rings is 1. The Kier molecular flexibility index (Phi) is 2.54. The summed E-state index contributed by atoms with van der Waals surface area (Å²) in [7, 11) is 0. The van der Waals surface area contributed by atoms with Gasteiger partial charge in [0.05, 0.1) is 0 Å². The van der Waals surface area contributed by atoms with Gasteiger partial charge in [-0.15, -0.1) is 0 Å². The molecular weight excluding hydrogens is 247 g/mol. The summed E-state index contributed by atoms with van der Waals surface area (Å²) < 4.78 is 2.14. The van der Waals surface area contributed by atoms with E-state index in [0.717, 1.165) is 11.6 Å². The Morgan fingerprint density at radius 1 is 1.27 bits per heavy atom. The minimum atomic E-state index is 0.679. The Balaban J connectivity index is 1.95. The number of fused-ring (bicyclic) bond motifs is 1. The van der Waals surface area contributed by atoms with Crippen LogP contribution in [0.3, 0.4) is 0 Å². The van der Waals surface area contributed by atoms with Crippen molar-refractivity contribution >= 4 is 21.4 Å². The summed E-state index contributed by atoms with van der Waals surface area (Å²) in [6.07, 6.45) is 8.97. The Labute approximate surface area is 96.4 Å². The Bertz CT molecular complexity index is 457. The first-order valence-electron chi connectivity index (χ1n) is 5.49. The predicted octanol–water partition coefficient (Wildman–Crippen LogP) is 2.75.